The van der Waals surface area contributed by atoms with Gasteiger partial charge in [-0.15, -0.1) is 0 Å². The number of Topliss-reactive ketones (excluding diaryl/α,β-unsaturated/α-hetero) is 2. The number of ether oxygens (including phenoxy) is 4. The summed E-state index contributed by atoms with van der Waals surface area (Å²) in [6, 6.07) is 8.03. The number of hydrogen-bond acceptors (Lipinski definition) is 6. The van der Waals surface area contributed by atoms with Crippen molar-refractivity contribution in [1.82, 2.24) is 0 Å². The van der Waals surface area contributed by atoms with Gasteiger partial charge >= 0.3 is 0 Å². The van der Waals surface area contributed by atoms with Crippen molar-refractivity contribution in [2.75, 3.05) is 13.2 Å². The minimum absolute atomic E-state index is 0.0344. The normalized spacial score (nSPS) is 28.2. The highest BCUT2D eigenvalue weighted by atomic mass is 19.1. The van der Waals surface area contributed by atoms with E-state index in [9.17, 15) is 18.4 Å². The molecule has 2 aromatic carbocycles. The molecule has 2 saturated heterocycles. The number of epoxide rings is 2. The van der Waals surface area contributed by atoms with Crippen molar-refractivity contribution >= 4 is 11.6 Å². The number of rotatable bonds is 2. The van der Waals surface area contributed by atoms with E-state index in [0.717, 1.165) is 0 Å². The first-order chi connectivity index (χ1) is 14.5. The molecule has 0 radical (unpaired) electrons. The van der Waals surface area contributed by atoms with Crippen LogP contribution >= 0.6 is 0 Å². The summed E-state index contributed by atoms with van der Waals surface area (Å²) < 4.78 is 47.1. The fraction of sp³-hybridized carbons (Fsp3) is 0.364. The molecule has 4 heterocycles. The molecule has 0 aromatic heterocycles. The largest absolute Gasteiger partial charge is 0.486 e. The first kappa shape index (κ1) is 19.1. The standard InChI is InChI=1S/2C11H9FO3/c2*12-6-1-2-9-7(3-6)8(13)4-10(15-9)11-5-14-11/h2*1-3,10-11H,4-5H2/t10-,11+;10-,11-/m01/s1. The van der Waals surface area contributed by atoms with Gasteiger partial charge in [0.15, 0.2) is 11.6 Å². The number of hydrogen-bond donors (Lipinski definition) is 0. The number of benzene rings is 2. The molecule has 0 aliphatic carbocycles. The van der Waals surface area contributed by atoms with Gasteiger partial charge in [0, 0.05) is 0 Å². The van der Waals surface area contributed by atoms with E-state index in [4.69, 9.17) is 18.9 Å². The topological polar surface area (TPSA) is 77.7 Å². The summed E-state index contributed by atoms with van der Waals surface area (Å²) in [5.74, 6) is -0.0348. The van der Waals surface area contributed by atoms with Crippen LogP contribution in [0.3, 0.4) is 0 Å². The number of carbonyl (C=O) groups is 2. The number of carbonyl (C=O) groups excluding carboxylic acids is 2. The van der Waals surface area contributed by atoms with Crippen LogP contribution in [0.1, 0.15) is 33.6 Å². The summed E-state index contributed by atoms with van der Waals surface area (Å²) in [6.45, 7) is 1.29. The zero-order valence-electron chi connectivity index (χ0n) is 15.8. The van der Waals surface area contributed by atoms with Crippen LogP contribution in [0.15, 0.2) is 36.4 Å². The summed E-state index contributed by atoms with van der Waals surface area (Å²) >= 11 is 0. The molecule has 0 bridgehead atoms. The second kappa shape index (κ2) is 7.45. The minimum Gasteiger partial charge on any atom is -0.486 e. The first-order valence-corrected chi connectivity index (χ1v) is 9.70. The molecule has 0 spiro atoms. The maximum Gasteiger partial charge on any atom is 0.170 e. The summed E-state index contributed by atoms with van der Waals surface area (Å²) in [4.78, 5) is 23.4. The Kier molecular flexibility index (Phi) is 4.75. The van der Waals surface area contributed by atoms with Crippen LogP contribution in [0.2, 0.25) is 0 Å². The van der Waals surface area contributed by atoms with E-state index >= 15 is 0 Å². The number of fused-ring (bicyclic) bond motifs is 2. The van der Waals surface area contributed by atoms with Crippen LogP contribution in [-0.4, -0.2) is 49.2 Å². The monoisotopic (exact) mass is 416 g/mol. The van der Waals surface area contributed by atoms with Gasteiger partial charge in [-0.3, -0.25) is 9.59 Å². The summed E-state index contributed by atoms with van der Waals surface area (Å²) in [6.07, 6.45) is 0.229. The third kappa shape index (κ3) is 3.93. The van der Waals surface area contributed by atoms with Crippen LogP contribution in [0.4, 0.5) is 8.78 Å². The molecule has 6 nitrogen and oxygen atoms in total. The Morgan fingerprint density at radius 3 is 1.43 bits per heavy atom. The lowest BCUT2D eigenvalue weighted by molar-refractivity contribution is 0.0791. The Morgan fingerprint density at radius 2 is 1.07 bits per heavy atom. The Labute approximate surface area is 170 Å². The van der Waals surface area contributed by atoms with E-state index in [1.54, 1.807) is 0 Å². The molecular formula is C22H18F2O6. The lowest BCUT2D eigenvalue weighted by Crippen LogP contribution is -2.31. The number of halogens is 2. The molecule has 156 valence electrons. The van der Waals surface area contributed by atoms with Crippen molar-refractivity contribution in [1.29, 1.82) is 0 Å². The Bertz CT molecular complexity index is 933. The average molecular weight is 416 g/mol. The van der Waals surface area contributed by atoms with Crippen molar-refractivity contribution in [2.45, 2.75) is 37.3 Å². The van der Waals surface area contributed by atoms with Gasteiger partial charge in [0.05, 0.1) is 37.2 Å². The smallest absolute Gasteiger partial charge is 0.170 e. The molecule has 4 aliphatic rings. The van der Waals surface area contributed by atoms with E-state index in [1.165, 1.54) is 36.4 Å². The quantitative estimate of drug-likeness (QED) is 0.701. The molecule has 0 saturated carbocycles. The van der Waals surface area contributed by atoms with Crippen molar-refractivity contribution in [3.8, 4) is 11.5 Å². The average Bonchev–Trinajstić information content (AvgIpc) is 3.62. The van der Waals surface area contributed by atoms with E-state index in [-0.39, 0.29) is 48.8 Å². The molecule has 2 fully saturated rings. The van der Waals surface area contributed by atoms with E-state index in [0.29, 0.717) is 35.8 Å². The van der Waals surface area contributed by atoms with Gasteiger partial charge in [0.2, 0.25) is 0 Å². The number of ketones is 2. The van der Waals surface area contributed by atoms with Crippen molar-refractivity contribution in [3.05, 3.63) is 59.2 Å². The Morgan fingerprint density at radius 1 is 0.667 bits per heavy atom. The van der Waals surface area contributed by atoms with E-state index in [2.05, 4.69) is 0 Å². The maximum absolute atomic E-state index is 12.9. The zero-order valence-corrected chi connectivity index (χ0v) is 15.8. The lowest BCUT2D eigenvalue weighted by Gasteiger charge is -2.23. The first-order valence-electron chi connectivity index (χ1n) is 9.70. The molecule has 4 aliphatic heterocycles. The third-order valence-corrected chi connectivity index (χ3v) is 5.36. The molecule has 0 amide bonds. The maximum atomic E-state index is 12.9. The molecule has 6 rings (SSSR count). The van der Waals surface area contributed by atoms with Gasteiger partial charge in [-0.25, -0.2) is 8.78 Å². The Hall–Kier alpha value is -2.84. The summed E-state index contributed by atoms with van der Waals surface area (Å²) in [7, 11) is 0. The highest BCUT2D eigenvalue weighted by molar-refractivity contribution is 6.00. The van der Waals surface area contributed by atoms with Gasteiger partial charge in [-0.2, -0.15) is 0 Å². The van der Waals surface area contributed by atoms with Crippen molar-refractivity contribution in [2.24, 2.45) is 0 Å². The van der Waals surface area contributed by atoms with Crippen LogP contribution in [0.25, 0.3) is 0 Å². The van der Waals surface area contributed by atoms with Gasteiger partial charge in [-0.05, 0) is 36.4 Å². The molecule has 30 heavy (non-hydrogen) atoms. The predicted octanol–water partition coefficient (Wildman–Crippen LogP) is 3.12. The van der Waals surface area contributed by atoms with Gasteiger partial charge in [-0.1, -0.05) is 0 Å². The molecule has 0 unspecified atom stereocenters. The molecular weight excluding hydrogens is 398 g/mol. The van der Waals surface area contributed by atoms with Crippen molar-refractivity contribution < 1.29 is 37.3 Å². The van der Waals surface area contributed by atoms with Crippen LogP contribution in [0, 0.1) is 11.6 Å². The highest BCUT2D eigenvalue weighted by Crippen LogP contribution is 2.33. The summed E-state index contributed by atoms with van der Waals surface area (Å²) in [5, 5.41) is 0. The van der Waals surface area contributed by atoms with Crippen LogP contribution in [0.5, 0.6) is 11.5 Å². The van der Waals surface area contributed by atoms with Gasteiger partial charge < -0.3 is 18.9 Å². The third-order valence-electron chi connectivity index (χ3n) is 5.36. The fourth-order valence-electron chi connectivity index (χ4n) is 3.60. The molecule has 4 atom stereocenters. The Balaban J connectivity index is 0.000000128. The van der Waals surface area contributed by atoms with Crippen LogP contribution in [-0.2, 0) is 9.47 Å². The minimum atomic E-state index is -0.410. The van der Waals surface area contributed by atoms with E-state index < -0.39 is 11.6 Å². The highest BCUT2D eigenvalue weighted by Gasteiger charge is 2.40. The zero-order chi connectivity index (χ0) is 20.8. The second-order valence-corrected chi connectivity index (χ2v) is 7.59. The molecule has 8 heteroatoms. The molecule has 0 N–H and O–H groups in total. The van der Waals surface area contributed by atoms with Crippen LogP contribution < -0.4 is 9.47 Å². The second-order valence-electron chi connectivity index (χ2n) is 7.59. The summed E-state index contributed by atoms with van der Waals surface area (Å²) in [5.41, 5.74) is 0.679. The van der Waals surface area contributed by atoms with E-state index in [1.807, 2.05) is 0 Å². The SMILES string of the molecule is O=C1C[C@@H]([C@H]2CO2)Oc2ccc(F)cc21.O=C1C[C@H]([C@H]2CO2)Oc2ccc(F)cc21. The molecule has 2 aromatic rings. The van der Waals surface area contributed by atoms with Crippen molar-refractivity contribution in [3.63, 3.8) is 0 Å². The van der Waals surface area contributed by atoms with Gasteiger partial charge in [0.1, 0.15) is 47.5 Å². The fourth-order valence-corrected chi connectivity index (χ4v) is 3.60. The predicted molar refractivity (Wildman–Crippen MR) is 99.0 cm³/mol. The van der Waals surface area contributed by atoms with Gasteiger partial charge in [0.25, 0.3) is 0 Å². The lowest BCUT2D eigenvalue weighted by atomic mass is 9.99.